The molecule has 1 aliphatic carbocycles. The van der Waals surface area contributed by atoms with Crippen LogP contribution < -0.4 is 10.6 Å². The fraction of sp³-hybridized carbons (Fsp3) is 0.593. The fourth-order valence-electron chi connectivity index (χ4n) is 4.51. The molecule has 2 fully saturated rings. The number of carbonyl (C=O) groups excluding carboxylic acids is 5. The second-order valence-electron chi connectivity index (χ2n) is 9.10. The van der Waals surface area contributed by atoms with E-state index >= 15 is 0 Å². The molecular formula is C27H43N5O5Y2-4. The summed E-state index contributed by atoms with van der Waals surface area (Å²) in [4.78, 5) is 63.0. The fourth-order valence-corrected chi connectivity index (χ4v) is 4.51. The van der Waals surface area contributed by atoms with Crippen LogP contribution in [-0.4, -0.2) is 96.8 Å². The minimum absolute atomic E-state index is 0. The van der Waals surface area contributed by atoms with E-state index < -0.39 is 6.04 Å². The molecule has 0 bridgehead atoms. The molecule has 2 rings (SSSR count). The SMILES string of the molecule is [CH2-]CN([CH-]C(C)=O)C(=O)[C@@H]1CCC/C1=C\CNC.[CH2-]CN([CH-]C(C)=O)C(=O)[C@@H]1CCCN1C(=O)CNC.[Y].[Y]. The summed E-state index contributed by atoms with van der Waals surface area (Å²) in [6.45, 7) is 14.8. The zero-order valence-corrected chi connectivity index (χ0v) is 29.6. The van der Waals surface area contributed by atoms with Gasteiger partial charge in [0, 0.05) is 90.1 Å². The maximum Gasteiger partial charge on any atom is 0.237 e. The molecule has 39 heavy (non-hydrogen) atoms. The number of hydrogen-bond donors (Lipinski definition) is 2. The minimum Gasteiger partial charge on any atom is -0.496 e. The zero-order valence-electron chi connectivity index (χ0n) is 23.9. The minimum atomic E-state index is -0.474. The average molecular weight is 695 g/mol. The molecular weight excluding hydrogens is 652 g/mol. The van der Waals surface area contributed by atoms with Crippen molar-refractivity contribution in [3.8, 4) is 0 Å². The molecule has 216 valence electrons. The van der Waals surface area contributed by atoms with Crippen LogP contribution in [0.15, 0.2) is 11.6 Å². The number of Topliss-reactive ketones (excluding diaryl/α,β-unsaturated/α-hetero) is 2. The molecule has 1 heterocycles. The van der Waals surface area contributed by atoms with E-state index in [9.17, 15) is 24.0 Å². The van der Waals surface area contributed by atoms with Crippen molar-refractivity contribution >= 4 is 29.3 Å². The van der Waals surface area contributed by atoms with E-state index in [4.69, 9.17) is 0 Å². The van der Waals surface area contributed by atoms with E-state index in [-0.39, 0.29) is 114 Å². The van der Waals surface area contributed by atoms with E-state index in [0.29, 0.717) is 19.5 Å². The van der Waals surface area contributed by atoms with Gasteiger partial charge in [0.1, 0.15) is 6.04 Å². The van der Waals surface area contributed by atoms with Gasteiger partial charge in [-0.2, -0.15) is 0 Å². The van der Waals surface area contributed by atoms with Crippen LogP contribution in [0.3, 0.4) is 0 Å². The number of hydrogen-bond acceptors (Lipinski definition) is 7. The Bertz CT molecular complexity index is 839. The van der Waals surface area contributed by atoms with Gasteiger partial charge in [-0.3, -0.25) is 14.4 Å². The molecule has 12 heteroatoms. The first-order valence-electron chi connectivity index (χ1n) is 12.8. The average Bonchev–Trinajstić information content (AvgIpc) is 3.54. The molecule has 3 amide bonds. The van der Waals surface area contributed by atoms with Crippen LogP contribution in [0.2, 0.25) is 0 Å². The van der Waals surface area contributed by atoms with Gasteiger partial charge in [0.15, 0.2) is 0 Å². The largest absolute Gasteiger partial charge is 0.496 e. The van der Waals surface area contributed by atoms with E-state index in [0.717, 1.165) is 32.2 Å². The van der Waals surface area contributed by atoms with Crippen molar-refractivity contribution < 1.29 is 89.4 Å². The summed E-state index contributed by atoms with van der Waals surface area (Å²) >= 11 is 0. The van der Waals surface area contributed by atoms with E-state index in [1.54, 1.807) is 11.9 Å². The standard InChI is InChI=1S/C14H22N2O2.C13H21N3O3.2Y/c1-4-16(10-11(2)17)14(18)13-7-5-6-12(13)8-9-15-3;1-4-15(9-10(2)17)13(19)11-6-5-7-16(11)12(18)8-14-3;;/h8,10,13,15H,1,4-7,9H2,2-3H3;9,11,14H,1,4-8H2,2-3H3;;/q2*-2;;/b12-8+;;;/t13-;11-;;/m10../s1. The molecule has 0 aromatic carbocycles. The molecule has 0 aromatic heterocycles. The molecule has 0 spiro atoms. The van der Waals surface area contributed by atoms with Crippen LogP contribution in [0, 0.1) is 32.9 Å². The van der Waals surface area contributed by atoms with Crippen molar-refractivity contribution in [3.05, 3.63) is 38.6 Å². The quantitative estimate of drug-likeness (QED) is 0.231. The Morgan fingerprint density at radius 1 is 0.923 bits per heavy atom. The van der Waals surface area contributed by atoms with Crippen molar-refractivity contribution in [3.63, 3.8) is 0 Å². The smallest absolute Gasteiger partial charge is 0.237 e. The third kappa shape index (κ3) is 13.7. The van der Waals surface area contributed by atoms with Gasteiger partial charge >= 0.3 is 0 Å². The van der Waals surface area contributed by atoms with Gasteiger partial charge in [-0.15, -0.1) is 13.1 Å². The number of carbonyl (C=O) groups is 5. The van der Waals surface area contributed by atoms with E-state index in [2.05, 4.69) is 30.6 Å². The maximum atomic E-state index is 12.3. The van der Waals surface area contributed by atoms with Gasteiger partial charge in [0.25, 0.3) is 0 Å². The third-order valence-electron chi connectivity index (χ3n) is 6.18. The Kier molecular flexibility index (Phi) is 22.9. The van der Waals surface area contributed by atoms with Crippen LogP contribution in [-0.2, 0) is 89.4 Å². The number of ketones is 2. The number of nitrogens with one attached hydrogen (secondary N) is 2. The molecule has 10 nitrogen and oxygen atoms in total. The van der Waals surface area contributed by atoms with Crippen molar-refractivity contribution in [1.29, 1.82) is 0 Å². The third-order valence-corrected chi connectivity index (χ3v) is 6.18. The topological polar surface area (TPSA) is 119 Å². The van der Waals surface area contributed by atoms with Crippen molar-refractivity contribution in [2.24, 2.45) is 5.92 Å². The predicted molar refractivity (Wildman–Crippen MR) is 142 cm³/mol. The first-order valence-corrected chi connectivity index (χ1v) is 12.8. The van der Waals surface area contributed by atoms with Crippen LogP contribution >= 0.6 is 0 Å². The van der Waals surface area contributed by atoms with E-state index in [1.807, 2.05) is 7.05 Å². The van der Waals surface area contributed by atoms with Crippen molar-refractivity contribution in [1.82, 2.24) is 25.3 Å². The van der Waals surface area contributed by atoms with Gasteiger partial charge in [-0.25, -0.2) is 13.1 Å². The molecule has 2 aliphatic rings. The van der Waals surface area contributed by atoms with Crippen LogP contribution in [0.25, 0.3) is 0 Å². The van der Waals surface area contributed by atoms with Gasteiger partial charge in [-0.05, 0) is 60.0 Å². The Morgan fingerprint density at radius 2 is 1.49 bits per heavy atom. The molecule has 2 atom stereocenters. The molecule has 0 aromatic rings. The molecule has 0 unspecified atom stereocenters. The van der Waals surface area contributed by atoms with Gasteiger partial charge in [0.2, 0.25) is 17.7 Å². The summed E-state index contributed by atoms with van der Waals surface area (Å²) in [6.07, 6.45) is 6.41. The number of amides is 3. The zero-order chi connectivity index (χ0) is 28.0. The van der Waals surface area contributed by atoms with Crippen LogP contribution in [0.5, 0.6) is 0 Å². The Balaban J connectivity index is 0. The summed E-state index contributed by atoms with van der Waals surface area (Å²) in [7, 11) is 3.57. The first-order chi connectivity index (χ1) is 17.6. The second-order valence-corrected chi connectivity index (χ2v) is 9.10. The van der Waals surface area contributed by atoms with Crippen molar-refractivity contribution in [2.75, 3.05) is 46.8 Å². The van der Waals surface area contributed by atoms with Crippen LogP contribution in [0.4, 0.5) is 0 Å². The molecule has 2 radical (unpaired) electrons. The van der Waals surface area contributed by atoms with Gasteiger partial charge in [-0.1, -0.05) is 11.6 Å². The molecule has 2 N–H and O–H groups in total. The van der Waals surface area contributed by atoms with Crippen LogP contribution in [0.1, 0.15) is 46.0 Å². The first kappa shape index (κ1) is 40.5. The predicted octanol–water partition coefficient (Wildman–Crippen LogP) is 0.951. The monoisotopic (exact) mass is 695 g/mol. The number of nitrogens with zero attached hydrogens (tertiary/aromatic N) is 3. The summed E-state index contributed by atoms with van der Waals surface area (Å²) in [5.74, 6) is -0.720. The molecule has 1 saturated heterocycles. The van der Waals surface area contributed by atoms with Gasteiger partial charge in [0.05, 0.1) is 12.5 Å². The summed E-state index contributed by atoms with van der Waals surface area (Å²) in [6, 6.07) is -0.474. The Labute approximate surface area is 284 Å². The molecule has 1 saturated carbocycles. The normalized spacial score (nSPS) is 18.6. The number of likely N-dealkylation sites (tertiary alicyclic amines) is 1. The number of rotatable bonds is 12. The maximum absolute atomic E-state index is 12.3. The Morgan fingerprint density at radius 3 is 1.97 bits per heavy atom. The summed E-state index contributed by atoms with van der Waals surface area (Å²) in [5.41, 5.74) is 1.18. The second kappa shape index (κ2) is 22.0. The summed E-state index contributed by atoms with van der Waals surface area (Å²) < 4.78 is 0. The van der Waals surface area contributed by atoms with E-state index in [1.165, 1.54) is 42.3 Å². The van der Waals surface area contributed by atoms with Gasteiger partial charge < -0.3 is 48.8 Å². The Hall–Kier alpha value is -0.642. The molecule has 1 aliphatic heterocycles. The number of likely N-dealkylation sites (N-methyl/N-ethyl adjacent to an activating group) is 2. The van der Waals surface area contributed by atoms with Crippen molar-refractivity contribution in [2.45, 2.75) is 52.0 Å². The summed E-state index contributed by atoms with van der Waals surface area (Å²) in [5, 5.41) is 5.84.